The lowest BCUT2D eigenvalue weighted by Crippen LogP contribution is -2.24. The maximum Gasteiger partial charge on any atom is 0.132 e. The van der Waals surface area contributed by atoms with Gasteiger partial charge in [0.15, 0.2) is 0 Å². The predicted octanol–water partition coefficient (Wildman–Crippen LogP) is 4.40. The molecule has 1 atom stereocenters. The van der Waals surface area contributed by atoms with Gasteiger partial charge in [-0.25, -0.2) is 4.98 Å². The molecule has 0 saturated carbocycles. The van der Waals surface area contributed by atoms with Crippen LogP contribution < -0.4 is 4.90 Å². The molecule has 0 spiro atoms. The molecule has 1 aliphatic rings. The lowest BCUT2D eigenvalue weighted by molar-refractivity contribution is 0.257. The minimum atomic E-state index is 0.559. The van der Waals surface area contributed by atoms with Gasteiger partial charge in [0.2, 0.25) is 0 Å². The van der Waals surface area contributed by atoms with E-state index in [1.807, 2.05) is 6.07 Å². The Labute approximate surface area is 133 Å². The van der Waals surface area contributed by atoms with Gasteiger partial charge >= 0.3 is 0 Å². The molecule has 0 amide bonds. The van der Waals surface area contributed by atoms with Gasteiger partial charge in [0.25, 0.3) is 0 Å². The van der Waals surface area contributed by atoms with Gasteiger partial charge in [-0.3, -0.25) is 4.90 Å². The highest BCUT2D eigenvalue weighted by atomic mass is 15.2. The molecule has 0 aliphatic carbocycles. The first-order valence-corrected chi connectivity index (χ1v) is 8.28. The van der Waals surface area contributed by atoms with Crippen LogP contribution >= 0.6 is 0 Å². The molecule has 22 heavy (non-hydrogen) atoms. The molecule has 3 rings (SSSR count). The predicted molar refractivity (Wildman–Crippen MR) is 92.6 cm³/mol. The van der Waals surface area contributed by atoms with Crippen LogP contribution in [0.1, 0.15) is 37.8 Å². The second-order valence-corrected chi connectivity index (χ2v) is 6.04. The quantitative estimate of drug-likeness (QED) is 0.815. The zero-order chi connectivity index (χ0) is 15.4. The number of nitrogens with zero attached hydrogens (tertiary/aromatic N) is 3. The summed E-state index contributed by atoms with van der Waals surface area (Å²) in [5, 5.41) is 0. The van der Waals surface area contributed by atoms with E-state index in [-0.39, 0.29) is 0 Å². The van der Waals surface area contributed by atoms with Crippen molar-refractivity contribution in [3.63, 3.8) is 0 Å². The summed E-state index contributed by atoms with van der Waals surface area (Å²) >= 11 is 0. The minimum Gasteiger partial charge on any atom is -0.329 e. The Kier molecular flexibility index (Phi) is 4.74. The van der Waals surface area contributed by atoms with Crippen molar-refractivity contribution in [1.82, 2.24) is 9.88 Å². The number of pyridine rings is 1. The van der Waals surface area contributed by atoms with Crippen LogP contribution in [0.25, 0.3) is 0 Å². The topological polar surface area (TPSA) is 19.4 Å². The fraction of sp³-hybridized carbons (Fsp3) is 0.421. The number of likely N-dealkylation sites (tertiary alicyclic amines) is 1. The molecule has 116 valence electrons. The molecule has 2 aromatic rings. The van der Waals surface area contributed by atoms with Crippen LogP contribution in [0.2, 0.25) is 0 Å². The molecule has 0 radical (unpaired) electrons. The second kappa shape index (κ2) is 6.93. The lowest BCUT2D eigenvalue weighted by atomic mass is 10.1. The van der Waals surface area contributed by atoms with E-state index in [0.717, 1.165) is 11.5 Å². The Morgan fingerprint density at radius 2 is 2.00 bits per heavy atom. The molecule has 1 aromatic carbocycles. The minimum absolute atomic E-state index is 0.559. The average Bonchev–Trinajstić information content (AvgIpc) is 3.04. The van der Waals surface area contributed by atoms with Crippen LogP contribution in [0.3, 0.4) is 0 Å². The molecule has 3 heteroatoms. The van der Waals surface area contributed by atoms with Crippen molar-refractivity contribution in [3.8, 4) is 0 Å². The molecule has 3 nitrogen and oxygen atoms in total. The van der Waals surface area contributed by atoms with Crippen molar-refractivity contribution < 1.29 is 0 Å². The first kappa shape index (κ1) is 15.0. The normalized spacial score (nSPS) is 18.5. The van der Waals surface area contributed by atoms with Crippen molar-refractivity contribution in [2.45, 2.75) is 32.2 Å². The lowest BCUT2D eigenvalue weighted by Gasteiger charge is -2.25. The summed E-state index contributed by atoms with van der Waals surface area (Å²) in [5.74, 6) is 0.995. The molecular weight excluding hydrogens is 270 g/mol. The highest BCUT2D eigenvalue weighted by molar-refractivity contribution is 5.58. The standard InChI is InChI=1S/C19H25N3/c1-3-13-22-14-7-10-18(22)16-11-12-19(20-15-16)21(2)17-8-5-4-6-9-17/h4-6,8-9,11-12,15,18H,3,7,10,13-14H2,1-2H3/t18-/m0/s1. The van der Waals surface area contributed by atoms with Gasteiger partial charge < -0.3 is 4.90 Å². The number of hydrogen-bond acceptors (Lipinski definition) is 3. The number of para-hydroxylation sites is 1. The highest BCUT2D eigenvalue weighted by Gasteiger charge is 2.25. The van der Waals surface area contributed by atoms with Crippen LogP contribution in [0.15, 0.2) is 48.7 Å². The smallest absolute Gasteiger partial charge is 0.132 e. The Bertz CT molecular complexity index is 579. The molecule has 0 N–H and O–H groups in total. The third-order valence-electron chi connectivity index (χ3n) is 4.52. The van der Waals surface area contributed by atoms with Crippen molar-refractivity contribution in [1.29, 1.82) is 0 Å². The van der Waals surface area contributed by atoms with Gasteiger partial charge in [-0.2, -0.15) is 0 Å². The van der Waals surface area contributed by atoms with Crippen molar-refractivity contribution in [2.75, 3.05) is 25.0 Å². The Balaban J connectivity index is 1.75. The maximum atomic E-state index is 4.69. The van der Waals surface area contributed by atoms with Gasteiger partial charge in [-0.1, -0.05) is 31.2 Å². The van der Waals surface area contributed by atoms with E-state index in [9.17, 15) is 0 Å². The SMILES string of the molecule is CCCN1CCC[C@H]1c1ccc(N(C)c2ccccc2)nc1. The van der Waals surface area contributed by atoms with Gasteiger partial charge in [-0.05, 0) is 56.1 Å². The monoisotopic (exact) mass is 295 g/mol. The fourth-order valence-corrected chi connectivity index (χ4v) is 3.34. The van der Waals surface area contributed by atoms with Gasteiger partial charge in [0, 0.05) is 25.0 Å². The third kappa shape index (κ3) is 3.14. The maximum absolute atomic E-state index is 4.69. The largest absolute Gasteiger partial charge is 0.329 e. The van der Waals surface area contributed by atoms with Gasteiger partial charge in [-0.15, -0.1) is 0 Å². The summed E-state index contributed by atoms with van der Waals surface area (Å²) in [4.78, 5) is 9.42. The van der Waals surface area contributed by atoms with Crippen LogP contribution in [0.5, 0.6) is 0 Å². The summed E-state index contributed by atoms with van der Waals surface area (Å²) in [6.45, 7) is 4.67. The van der Waals surface area contributed by atoms with E-state index < -0.39 is 0 Å². The van der Waals surface area contributed by atoms with E-state index >= 15 is 0 Å². The summed E-state index contributed by atoms with van der Waals surface area (Å²) in [7, 11) is 2.07. The number of hydrogen-bond donors (Lipinski definition) is 0. The number of rotatable bonds is 5. The van der Waals surface area contributed by atoms with Crippen molar-refractivity contribution >= 4 is 11.5 Å². The van der Waals surface area contributed by atoms with Crippen LogP contribution in [0.4, 0.5) is 11.5 Å². The van der Waals surface area contributed by atoms with E-state index in [1.165, 1.54) is 37.9 Å². The third-order valence-corrected chi connectivity index (χ3v) is 4.52. The molecule has 0 bridgehead atoms. The van der Waals surface area contributed by atoms with E-state index in [1.54, 1.807) is 0 Å². The number of anilines is 2. The van der Waals surface area contributed by atoms with Gasteiger partial charge in [0.1, 0.15) is 5.82 Å². The summed E-state index contributed by atoms with van der Waals surface area (Å²) in [6.07, 6.45) is 5.85. The fourth-order valence-electron chi connectivity index (χ4n) is 3.34. The van der Waals surface area contributed by atoms with E-state index in [2.05, 4.69) is 66.4 Å². The van der Waals surface area contributed by atoms with Crippen molar-refractivity contribution in [2.24, 2.45) is 0 Å². The number of benzene rings is 1. The first-order chi connectivity index (χ1) is 10.8. The van der Waals surface area contributed by atoms with Crippen LogP contribution in [-0.2, 0) is 0 Å². The zero-order valence-corrected chi connectivity index (χ0v) is 13.6. The van der Waals surface area contributed by atoms with Gasteiger partial charge in [0.05, 0.1) is 0 Å². The Morgan fingerprint density at radius 3 is 2.68 bits per heavy atom. The van der Waals surface area contributed by atoms with Crippen LogP contribution in [0, 0.1) is 0 Å². The molecular formula is C19H25N3. The van der Waals surface area contributed by atoms with E-state index in [4.69, 9.17) is 4.98 Å². The van der Waals surface area contributed by atoms with Crippen LogP contribution in [-0.4, -0.2) is 30.0 Å². The molecule has 1 aliphatic heterocycles. The zero-order valence-electron chi connectivity index (χ0n) is 13.6. The summed E-state index contributed by atoms with van der Waals surface area (Å²) in [5.41, 5.74) is 2.52. The first-order valence-electron chi connectivity index (χ1n) is 8.28. The summed E-state index contributed by atoms with van der Waals surface area (Å²) < 4.78 is 0. The molecule has 2 heterocycles. The highest BCUT2D eigenvalue weighted by Crippen LogP contribution is 2.32. The van der Waals surface area contributed by atoms with E-state index in [0.29, 0.717) is 6.04 Å². The summed E-state index contributed by atoms with van der Waals surface area (Å²) in [6, 6.07) is 15.3. The second-order valence-electron chi connectivity index (χ2n) is 6.04. The average molecular weight is 295 g/mol. The molecule has 1 fully saturated rings. The van der Waals surface area contributed by atoms with Crippen molar-refractivity contribution in [3.05, 3.63) is 54.2 Å². The number of aromatic nitrogens is 1. The molecule has 1 aromatic heterocycles. The molecule has 0 unspecified atom stereocenters. The Hall–Kier alpha value is -1.87. The Morgan fingerprint density at radius 1 is 1.18 bits per heavy atom. The molecule has 1 saturated heterocycles.